The molecule has 0 aromatic heterocycles. The topological polar surface area (TPSA) is 49.4 Å². The molecular formula is C11H22N2O2S. The molecule has 0 bridgehead atoms. The Bertz CT molecular complexity index is 321. The zero-order valence-corrected chi connectivity index (χ0v) is 11.0. The zero-order valence-electron chi connectivity index (χ0n) is 10.1. The summed E-state index contributed by atoms with van der Waals surface area (Å²) in [5.74, 6) is 0.176. The molecule has 0 spiro atoms. The van der Waals surface area contributed by atoms with Gasteiger partial charge in [-0.15, -0.1) is 6.58 Å². The van der Waals surface area contributed by atoms with Crippen molar-refractivity contribution in [3.05, 3.63) is 12.7 Å². The molecule has 1 N–H and O–H groups in total. The summed E-state index contributed by atoms with van der Waals surface area (Å²) in [6.07, 6.45) is 3.64. The first-order valence-electron chi connectivity index (χ1n) is 5.81. The van der Waals surface area contributed by atoms with E-state index in [0.29, 0.717) is 19.1 Å². The molecule has 1 saturated carbocycles. The van der Waals surface area contributed by atoms with Gasteiger partial charge in [-0.05, 0) is 12.8 Å². The molecule has 0 aliphatic heterocycles. The largest absolute Gasteiger partial charge is 0.313 e. The molecule has 1 aliphatic rings. The molecule has 1 rings (SSSR count). The van der Waals surface area contributed by atoms with E-state index < -0.39 is 10.0 Å². The molecule has 94 valence electrons. The third-order valence-corrected chi connectivity index (χ3v) is 4.41. The van der Waals surface area contributed by atoms with Crippen molar-refractivity contribution in [2.24, 2.45) is 0 Å². The fraction of sp³-hybridized carbons (Fsp3) is 0.818. The van der Waals surface area contributed by atoms with Gasteiger partial charge in [-0.1, -0.05) is 19.9 Å². The van der Waals surface area contributed by atoms with Crippen LogP contribution in [0.5, 0.6) is 0 Å². The van der Waals surface area contributed by atoms with E-state index >= 15 is 0 Å². The van der Waals surface area contributed by atoms with Crippen LogP contribution in [-0.2, 0) is 10.0 Å². The Kier molecular flexibility index (Phi) is 4.95. The minimum Gasteiger partial charge on any atom is -0.313 e. The highest BCUT2D eigenvalue weighted by molar-refractivity contribution is 7.89. The standard InChI is InChI=1S/C11H22N2O2S/c1-4-8-13(11-5-6-11)16(14,15)9-7-12-10(2)3/h4,10-12H,1,5-9H2,2-3H3. The van der Waals surface area contributed by atoms with E-state index in [9.17, 15) is 8.42 Å². The van der Waals surface area contributed by atoms with Crippen LogP contribution < -0.4 is 5.32 Å². The third-order valence-electron chi connectivity index (χ3n) is 2.53. The lowest BCUT2D eigenvalue weighted by Crippen LogP contribution is -2.39. The van der Waals surface area contributed by atoms with Crippen molar-refractivity contribution >= 4 is 10.0 Å². The van der Waals surface area contributed by atoms with Gasteiger partial charge in [0, 0.05) is 25.2 Å². The van der Waals surface area contributed by atoms with Gasteiger partial charge in [-0.25, -0.2) is 8.42 Å². The van der Waals surface area contributed by atoms with Gasteiger partial charge in [0.2, 0.25) is 10.0 Å². The quantitative estimate of drug-likeness (QED) is 0.649. The molecule has 0 saturated heterocycles. The van der Waals surface area contributed by atoms with Crippen LogP contribution in [0, 0.1) is 0 Å². The maximum atomic E-state index is 12.0. The van der Waals surface area contributed by atoms with Crippen molar-refractivity contribution in [1.82, 2.24) is 9.62 Å². The van der Waals surface area contributed by atoms with Crippen molar-refractivity contribution < 1.29 is 8.42 Å². The average Bonchev–Trinajstić information content (AvgIpc) is 2.96. The maximum Gasteiger partial charge on any atom is 0.215 e. The SMILES string of the molecule is C=CCN(C1CC1)S(=O)(=O)CCNC(C)C. The highest BCUT2D eigenvalue weighted by Gasteiger charge is 2.35. The molecule has 4 nitrogen and oxygen atoms in total. The Morgan fingerprint density at radius 3 is 2.56 bits per heavy atom. The molecule has 5 heteroatoms. The molecule has 0 atom stereocenters. The number of rotatable bonds is 8. The fourth-order valence-electron chi connectivity index (χ4n) is 1.57. The Hall–Kier alpha value is -0.390. The van der Waals surface area contributed by atoms with Gasteiger partial charge in [0.05, 0.1) is 5.75 Å². The van der Waals surface area contributed by atoms with Gasteiger partial charge in [0.25, 0.3) is 0 Å². The van der Waals surface area contributed by atoms with E-state index in [1.54, 1.807) is 10.4 Å². The van der Waals surface area contributed by atoms with Crippen LogP contribution in [0.4, 0.5) is 0 Å². The van der Waals surface area contributed by atoms with Crippen LogP contribution in [0.3, 0.4) is 0 Å². The maximum absolute atomic E-state index is 12.0. The predicted molar refractivity (Wildman–Crippen MR) is 66.9 cm³/mol. The minimum absolute atomic E-state index is 0.176. The van der Waals surface area contributed by atoms with Gasteiger partial charge >= 0.3 is 0 Å². The van der Waals surface area contributed by atoms with Crippen molar-refractivity contribution in [2.75, 3.05) is 18.8 Å². The normalized spacial score (nSPS) is 17.0. The van der Waals surface area contributed by atoms with Gasteiger partial charge in [-0.3, -0.25) is 0 Å². The Morgan fingerprint density at radius 1 is 1.50 bits per heavy atom. The lowest BCUT2D eigenvalue weighted by molar-refractivity contribution is 0.434. The van der Waals surface area contributed by atoms with Gasteiger partial charge in [0.15, 0.2) is 0 Å². The lowest BCUT2D eigenvalue weighted by atomic mass is 10.4. The van der Waals surface area contributed by atoms with Crippen LogP contribution in [0.15, 0.2) is 12.7 Å². The molecule has 16 heavy (non-hydrogen) atoms. The van der Waals surface area contributed by atoms with E-state index in [1.165, 1.54) is 0 Å². The Balaban J connectivity index is 2.49. The summed E-state index contributed by atoms with van der Waals surface area (Å²) in [4.78, 5) is 0. The van der Waals surface area contributed by atoms with Crippen LogP contribution in [0.2, 0.25) is 0 Å². The molecule has 1 fully saturated rings. The molecule has 0 radical (unpaired) electrons. The highest BCUT2D eigenvalue weighted by Crippen LogP contribution is 2.29. The summed E-state index contributed by atoms with van der Waals surface area (Å²) >= 11 is 0. The molecule has 0 amide bonds. The van der Waals surface area contributed by atoms with Crippen molar-refractivity contribution in [1.29, 1.82) is 0 Å². The summed E-state index contributed by atoms with van der Waals surface area (Å²) < 4.78 is 25.6. The van der Waals surface area contributed by atoms with E-state index in [2.05, 4.69) is 11.9 Å². The molecule has 0 aromatic carbocycles. The molecular weight excluding hydrogens is 224 g/mol. The highest BCUT2D eigenvalue weighted by atomic mass is 32.2. The molecule has 0 unspecified atom stereocenters. The average molecular weight is 246 g/mol. The Labute approximate surface area is 98.8 Å². The van der Waals surface area contributed by atoms with E-state index in [4.69, 9.17) is 0 Å². The van der Waals surface area contributed by atoms with Crippen molar-refractivity contribution in [3.8, 4) is 0 Å². The second kappa shape index (κ2) is 5.80. The lowest BCUT2D eigenvalue weighted by Gasteiger charge is -2.20. The number of hydrogen-bond donors (Lipinski definition) is 1. The zero-order chi connectivity index (χ0) is 12.2. The number of nitrogens with one attached hydrogen (secondary N) is 1. The van der Waals surface area contributed by atoms with Crippen LogP contribution in [0.25, 0.3) is 0 Å². The Morgan fingerprint density at radius 2 is 2.12 bits per heavy atom. The molecule has 0 aromatic rings. The second-order valence-corrected chi connectivity index (χ2v) is 6.56. The summed E-state index contributed by atoms with van der Waals surface area (Å²) in [5, 5.41) is 3.13. The van der Waals surface area contributed by atoms with Crippen molar-refractivity contribution in [3.63, 3.8) is 0 Å². The van der Waals surface area contributed by atoms with Gasteiger partial charge in [-0.2, -0.15) is 4.31 Å². The monoisotopic (exact) mass is 246 g/mol. The van der Waals surface area contributed by atoms with Crippen LogP contribution in [-0.4, -0.2) is 43.6 Å². The minimum atomic E-state index is -3.12. The van der Waals surface area contributed by atoms with Crippen LogP contribution in [0.1, 0.15) is 26.7 Å². The van der Waals surface area contributed by atoms with E-state index in [1.807, 2.05) is 13.8 Å². The summed E-state index contributed by atoms with van der Waals surface area (Å²) in [6, 6.07) is 0.547. The predicted octanol–water partition coefficient (Wildman–Crippen LogP) is 0.965. The summed E-state index contributed by atoms with van der Waals surface area (Å²) in [6.45, 7) is 8.58. The molecule has 1 aliphatic carbocycles. The fourth-order valence-corrected chi connectivity index (χ4v) is 3.18. The van der Waals surface area contributed by atoms with Crippen molar-refractivity contribution in [2.45, 2.75) is 38.8 Å². The van der Waals surface area contributed by atoms with Crippen LogP contribution >= 0.6 is 0 Å². The third kappa shape index (κ3) is 4.23. The first-order valence-corrected chi connectivity index (χ1v) is 7.42. The van der Waals surface area contributed by atoms with Gasteiger partial charge in [0.1, 0.15) is 0 Å². The second-order valence-electron chi connectivity index (χ2n) is 4.51. The molecule has 0 heterocycles. The smallest absolute Gasteiger partial charge is 0.215 e. The van der Waals surface area contributed by atoms with Gasteiger partial charge < -0.3 is 5.32 Å². The van der Waals surface area contributed by atoms with E-state index in [-0.39, 0.29) is 11.8 Å². The number of sulfonamides is 1. The number of nitrogens with zero attached hydrogens (tertiary/aromatic N) is 1. The number of hydrogen-bond acceptors (Lipinski definition) is 3. The first kappa shape index (κ1) is 13.7. The van der Waals surface area contributed by atoms with E-state index in [0.717, 1.165) is 12.8 Å². The first-order chi connectivity index (χ1) is 7.47. The summed E-state index contributed by atoms with van der Waals surface area (Å²) in [5.41, 5.74) is 0. The summed E-state index contributed by atoms with van der Waals surface area (Å²) in [7, 11) is -3.12.